The van der Waals surface area contributed by atoms with Gasteiger partial charge >= 0.3 is 5.97 Å². The number of aliphatic carboxylic acids is 1. The van der Waals surface area contributed by atoms with Crippen molar-refractivity contribution in [2.45, 2.75) is 18.6 Å². The van der Waals surface area contributed by atoms with Crippen LogP contribution in [0.1, 0.15) is 12.8 Å². The molecule has 1 atom stereocenters. The maximum absolute atomic E-state index is 13.1. The van der Waals surface area contributed by atoms with Crippen molar-refractivity contribution in [1.82, 2.24) is 5.32 Å². The number of halogens is 1. The molecule has 0 amide bonds. The van der Waals surface area contributed by atoms with Crippen molar-refractivity contribution in [3.63, 3.8) is 0 Å². The summed E-state index contributed by atoms with van der Waals surface area (Å²) in [5.41, 5.74) is 5.10. The zero-order chi connectivity index (χ0) is 8.91. The third-order valence-electron chi connectivity index (χ3n) is 1.46. The number of carboxylic acids is 1. The normalized spacial score (nSPS) is 15.9. The summed E-state index contributed by atoms with van der Waals surface area (Å²) in [6.07, 6.45) is 0.249. The monoisotopic (exact) mass is 164 g/mol. The molecule has 0 aromatic carbocycles. The van der Waals surface area contributed by atoms with Crippen molar-refractivity contribution in [3.05, 3.63) is 0 Å². The quantitative estimate of drug-likeness (QED) is 0.487. The molecule has 0 saturated carbocycles. The summed E-state index contributed by atoms with van der Waals surface area (Å²) < 4.78 is 13.1. The highest BCUT2D eigenvalue weighted by atomic mass is 19.1. The molecule has 0 rings (SSSR count). The molecule has 0 aliphatic carbocycles. The van der Waals surface area contributed by atoms with Crippen LogP contribution in [-0.4, -0.2) is 30.5 Å². The first-order chi connectivity index (χ1) is 5.06. The molecule has 0 unspecified atom stereocenters. The molecule has 0 aromatic rings. The highest BCUT2D eigenvalue weighted by molar-refractivity contribution is 5.76. The van der Waals surface area contributed by atoms with Crippen molar-refractivity contribution >= 4 is 5.97 Å². The Kier molecular flexibility index (Phi) is 3.99. The predicted molar refractivity (Wildman–Crippen MR) is 38.8 cm³/mol. The van der Waals surface area contributed by atoms with Gasteiger partial charge in [-0.25, -0.2) is 9.18 Å². The van der Waals surface area contributed by atoms with Gasteiger partial charge in [0, 0.05) is 6.42 Å². The van der Waals surface area contributed by atoms with Crippen LogP contribution in [0.5, 0.6) is 0 Å². The van der Waals surface area contributed by atoms with Crippen LogP contribution >= 0.6 is 0 Å². The Morgan fingerprint density at radius 1 is 1.82 bits per heavy atom. The molecule has 0 spiro atoms. The Labute approximate surface area is 64.6 Å². The van der Waals surface area contributed by atoms with Gasteiger partial charge in [0.05, 0.1) is 0 Å². The Bertz CT molecular complexity index is 143. The molecule has 4 nitrogen and oxygen atoms in total. The maximum Gasteiger partial charge on any atom is 0.356 e. The molecule has 0 bridgehead atoms. The van der Waals surface area contributed by atoms with Crippen LogP contribution in [0.2, 0.25) is 0 Å². The van der Waals surface area contributed by atoms with Gasteiger partial charge in [0.25, 0.3) is 5.79 Å². The van der Waals surface area contributed by atoms with Gasteiger partial charge in [0.15, 0.2) is 0 Å². The van der Waals surface area contributed by atoms with Crippen molar-refractivity contribution in [1.29, 1.82) is 0 Å². The molecule has 0 radical (unpaired) electrons. The molecule has 0 aromatic heterocycles. The molecule has 4 N–H and O–H groups in total. The van der Waals surface area contributed by atoms with E-state index in [1.165, 1.54) is 7.05 Å². The minimum absolute atomic E-state index is 0.102. The summed E-state index contributed by atoms with van der Waals surface area (Å²) in [6.45, 7) is 0.292. The Balaban J connectivity index is 3.99. The fourth-order valence-corrected chi connectivity index (χ4v) is 0.685. The van der Waals surface area contributed by atoms with E-state index in [0.717, 1.165) is 0 Å². The average Bonchev–Trinajstić information content (AvgIpc) is 2.00. The first-order valence-electron chi connectivity index (χ1n) is 3.38. The highest BCUT2D eigenvalue weighted by Crippen LogP contribution is 2.13. The first kappa shape index (κ1) is 10.3. The van der Waals surface area contributed by atoms with E-state index in [1.807, 2.05) is 0 Å². The lowest BCUT2D eigenvalue weighted by molar-refractivity contribution is -0.153. The fraction of sp³-hybridized carbons (Fsp3) is 0.833. The topological polar surface area (TPSA) is 75.3 Å². The van der Waals surface area contributed by atoms with E-state index in [9.17, 15) is 9.18 Å². The van der Waals surface area contributed by atoms with E-state index < -0.39 is 11.8 Å². The van der Waals surface area contributed by atoms with Crippen LogP contribution in [0.3, 0.4) is 0 Å². The van der Waals surface area contributed by atoms with E-state index in [2.05, 4.69) is 5.32 Å². The number of carbonyl (C=O) groups is 1. The SMILES string of the molecule is CN[C@@](F)(CCCN)C(=O)O. The minimum atomic E-state index is -2.32. The van der Waals surface area contributed by atoms with Gasteiger partial charge < -0.3 is 10.8 Å². The third-order valence-corrected chi connectivity index (χ3v) is 1.46. The van der Waals surface area contributed by atoms with Crippen molar-refractivity contribution in [2.75, 3.05) is 13.6 Å². The molecule has 0 heterocycles. The van der Waals surface area contributed by atoms with Crippen molar-refractivity contribution < 1.29 is 14.3 Å². The van der Waals surface area contributed by atoms with Gasteiger partial charge in [-0.05, 0) is 20.0 Å². The molecule has 66 valence electrons. The second-order valence-electron chi connectivity index (χ2n) is 2.25. The number of hydrogen-bond donors (Lipinski definition) is 3. The summed E-state index contributed by atoms with van der Waals surface area (Å²) in [6, 6.07) is 0. The average molecular weight is 164 g/mol. The van der Waals surface area contributed by atoms with Gasteiger partial charge in [-0.1, -0.05) is 0 Å². The molecule has 0 fully saturated rings. The zero-order valence-electron chi connectivity index (χ0n) is 6.43. The summed E-state index contributed by atoms with van der Waals surface area (Å²) in [4.78, 5) is 10.3. The predicted octanol–water partition coefficient (Wildman–Crippen LogP) is -0.305. The molecular weight excluding hydrogens is 151 g/mol. The molecular formula is C6H13FN2O2. The molecule has 0 aliphatic heterocycles. The van der Waals surface area contributed by atoms with Crippen LogP contribution < -0.4 is 11.1 Å². The highest BCUT2D eigenvalue weighted by Gasteiger charge is 2.35. The van der Waals surface area contributed by atoms with Crippen LogP contribution in [-0.2, 0) is 4.79 Å². The van der Waals surface area contributed by atoms with Crippen LogP contribution in [0.15, 0.2) is 0 Å². The number of alkyl halides is 1. The standard InChI is InChI=1S/C6H13FN2O2/c1-9-6(7,5(10)11)3-2-4-8/h9H,2-4,8H2,1H3,(H,10,11)/t6-/m0/s1. The zero-order valence-corrected chi connectivity index (χ0v) is 6.43. The Morgan fingerprint density at radius 3 is 2.64 bits per heavy atom. The number of nitrogens with two attached hydrogens (primary N) is 1. The van der Waals surface area contributed by atoms with E-state index >= 15 is 0 Å². The second kappa shape index (κ2) is 4.25. The number of nitrogens with one attached hydrogen (secondary N) is 1. The third kappa shape index (κ3) is 2.81. The largest absolute Gasteiger partial charge is 0.478 e. The summed E-state index contributed by atoms with van der Waals surface area (Å²) in [7, 11) is 1.27. The van der Waals surface area contributed by atoms with Crippen LogP contribution in [0.25, 0.3) is 0 Å². The summed E-state index contributed by atoms with van der Waals surface area (Å²) >= 11 is 0. The smallest absolute Gasteiger partial charge is 0.356 e. The van der Waals surface area contributed by atoms with Crippen molar-refractivity contribution in [3.8, 4) is 0 Å². The molecule has 11 heavy (non-hydrogen) atoms. The van der Waals surface area contributed by atoms with Gasteiger partial charge in [-0.2, -0.15) is 0 Å². The van der Waals surface area contributed by atoms with E-state index in [1.54, 1.807) is 0 Å². The number of carboxylic acid groups (broad SMARTS) is 1. The lowest BCUT2D eigenvalue weighted by Gasteiger charge is -2.18. The van der Waals surface area contributed by atoms with Gasteiger partial charge in [-0.3, -0.25) is 5.32 Å². The lowest BCUT2D eigenvalue weighted by atomic mass is 10.1. The summed E-state index contributed by atoms with van der Waals surface area (Å²) in [5, 5.41) is 10.5. The van der Waals surface area contributed by atoms with Gasteiger partial charge in [0.1, 0.15) is 0 Å². The Hall–Kier alpha value is -0.680. The second-order valence-corrected chi connectivity index (χ2v) is 2.25. The fourth-order valence-electron chi connectivity index (χ4n) is 0.685. The first-order valence-corrected chi connectivity index (χ1v) is 3.38. The molecule has 5 heteroatoms. The minimum Gasteiger partial charge on any atom is -0.478 e. The van der Waals surface area contributed by atoms with Crippen LogP contribution in [0, 0.1) is 0 Å². The molecule has 0 saturated heterocycles. The Morgan fingerprint density at radius 2 is 2.36 bits per heavy atom. The number of likely N-dealkylation sites (N-methyl/N-ethyl adjacent to an activating group) is 1. The van der Waals surface area contributed by atoms with E-state index in [0.29, 0.717) is 13.0 Å². The maximum atomic E-state index is 13.1. The molecule has 0 aliphatic rings. The van der Waals surface area contributed by atoms with Crippen molar-refractivity contribution in [2.24, 2.45) is 5.73 Å². The van der Waals surface area contributed by atoms with Gasteiger partial charge in [0.2, 0.25) is 0 Å². The van der Waals surface area contributed by atoms with E-state index in [-0.39, 0.29) is 6.42 Å². The van der Waals surface area contributed by atoms with Crippen LogP contribution in [0.4, 0.5) is 4.39 Å². The lowest BCUT2D eigenvalue weighted by Crippen LogP contribution is -2.46. The summed E-state index contributed by atoms with van der Waals surface area (Å²) in [5.74, 6) is -3.81. The van der Waals surface area contributed by atoms with E-state index in [4.69, 9.17) is 10.8 Å². The number of hydrogen-bond acceptors (Lipinski definition) is 3. The number of rotatable bonds is 5. The van der Waals surface area contributed by atoms with Gasteiger partial charge in [-0.15, -0.1) is 0 Å².